The van der Waals surface area contributed by atoms with Crippen LogP contribution in [0, 0.1) is 5.82 Å². The van der Waals surface area contributed by atoms with Crippen LogP contribution < -0.4 is 10.1 Å². The maximum atomic E-state index is 13.1. The Hall–Kier alpha value is -2.43. The number of halogens is 2. The zero-order valence-electron chi connectivity index (χ0n) is 13.6. The molecule has 0 bridgehead atoms. The summed E-state index contributed by atoms with van der Waals surface area (Å²) in [4.78, 5) is 4.29. The quantitative estimate of drug-likeness (QED) is 0.663. The standard InChI is InChI=1S/C20H18ClFN2O/c21-19-11-17(22)9-8-16(19)14-25-20-7-2-1-5-15(20)12-23-13-18-6-3-4-10-24-18/h1-11,23H,12-14H2. The largest absolute Gasteiger partial charge is 0.489 e. The third-order valence-electron chi connectivity index (χ3n) is 3.72. The van der Waals surface area contributed by atoms with Gasteiger partial charge < -0.3 is 10.1 Å². The molecule has 0 saturated heterocycles. The highest BCUT2D eigenvalue weighted by Gasteiger charge is 2.06. The van der Waals surface area contributed by atoms with E-state index in [-0.39, 0.29) is 12.4 Å². The Kier molecular flexibility index (Phi) is 5.99. The van der Waals surface area contributed by atoms with Crippen LogP contribution in [0.1, 0.15) is 16.8 Å². The lowest BCUT2D eigenvalue weighted by atomic mass is 10.2. The van der Waals surface area contributed by atoms with Gasteiger partial charge in [-0.05, 0) is 30.3 Å². The summed E-state index contributed by atoms with van der Waals surface area (Å²) in [6.07, 6.45) is 1.78. The molecule has 0 radical (unpaired) electrons. The fraction of sp³-hybridized carbons (Fsp3) is 0.150. The predicted octanol–water partition coefficient (Wildman–Crippen LogP) is 4.74. The Morgan fingerprint density at radius 1 is 0.960 bits per heavy atom. The SMILES string of the molecule is Fc1ccc(COc2ccccc2CNCc2ccccn2)c(Cl)c1. The third kappa shape index (κ3) is 5.02. The van der Waals surface area contributed by atoms with Crippen molar-refractivity contribution < 1.29 is 9.13 Å². The first kappa shape index (κ1) is 17.4. The summed E-state index contributed by atoms with van der Waals surface area (Å²) in [5.41, 5.74) is 2.77. The van der Waals surface area contributed by atoms with Crippen LogP contribution in [0.15, 0.2) is 66.9 Å². The average molecular weight is 357 g/mol. The van der Waals surface area contributed by atoms with Gasteiger partial charge in [0, 0.05) is 30.4 Å². The molecule has 0 saturated carbocycles. The minimum Gasteiger partial charge on any atom is -0.489 e. The number of ether oxygens (including phenoxy) is 1. The van der Waals surface area contributed by atoms with E-state index in [4.69, 9.17) is 16.3 Å². The lowest BCUT2D eigenvalue weighted by Crippen LogP contribution is -2.14. The van der Waals surface area contributed by atoms with E-state index in [1.807, 2.05) is 42.5 Å². The number of rotatable bonds is 7. The number of benzene rings is 2. The summed E-state index contributed by atoms with van der Waals surface area (Å²) < 4.78 is 19.0. The van der Waals surface area contributed by atoms with Crippen molar-refractivity contribution >= 4 is 11.6 Å². The van der Waals surface area contributed by atoms with Gasteiger partial charge in [-0.15, -0.1) is 0 Å². The highest BCUT2D eigenvalue weighted by atomic mass is 35.5. The van der Waals surface area contributed by atoms with E-state index in [1.54, 1.807) is 12.3 Å². The van der Waals surface area contributed by atoms with Gasteiger partial charge in [-0.3, -0.25) is 4.98 Å². The second-order valence-corrected chi connectivity index (χ2v) is 5.96. The molecule has 5 heteroatoms. The second kappa shape index (κ2) is 8.60. The molecule has 0 unspecified atom stereocenters. The van der Waals surface area contributed by atoms with Gasteiger partial charge in [0.05, 0.1) is 10.7 Å². The molecule has 0 aliphatic rings. The first-order valence-electron chi connectivity index (χ1n) is 7.97. The van der Waals surface area contributed by atoms with Gasteiger partial charge in [0.15, 0.2) is 0 Å². The number of hydrogen-bond acceptors (Lipinski definition) is 3. The van der Waals surface area contributed by atoms with Crippen LogP contribution in [-0.4, -0.2) is 4.98 Å². The summed E-state index contributed by atoms with van der Waals surface area (Å²) in [5.74, 6) is 0.421. The molecule has 0 spiro atoms. The monoisotopic (exact) mass is 356 g/mol. The minimum atomic E-state index is -0.354. The summed E-state index contributed by atoms with van der Waals surface area (Å²) >= 11 is 6.05. The molecule has 1 heterocycles. The van der Waals surface area contributed by atoms with Crippen molar-refractivity contribution in [2.75, 3.05) is 0 Å². The summed E-state index contributed by atoms with van der Waals surface area (Å²) in [5, 5.41) is 3.72. The zero-order valence-corrected chi connectivity index (χ0v) is 14.3. The van der Waals surface area contributed by atoms with Gasteiger partial charge in [-0.2, -0.15) is 0 Å². The molecular weight excluding hydrogens is 339 g/mol. The highest BCUT2D eigenvalue weighted by Crippen LogP contribution is 2.22. The Balaban J connectivity index is 1.60. The van der Waals surface area contributed by atoms with Crippen molar-refractivity contribution in [3.05, 3.63) is 94.5 Å². The average Bonchev–Trinajstić information content (AvgIpc) is 2.63. The predicted molar refractivity (Wildman–Crippen MR) is 97.0 cm³/mol. The van der Waals surface area contributed by atoms with E-state index in [9.17, 15) is 4.39 Å². The van der Waals surface area contributed by atoms with E-state index in [0.717, 1.165) is 22.6 Å². The Bertz CT molecular complexity index is 827. The van der Waals surface area contributed by atoms with Gasteiger partial charge in [0.2, 0.25) is 0 Å². The number of nitrogens with one attached hydrogen (secondary N) is 1. The fourth-order valence-corrected chi connectivity index (χ4v) is 2.63. The molecule has 3 aromatic rings. The van der Waals surface area contributed by atoms with Crippen LogP contribution in [-0.2, 0) is 19.7 Å². The smallest absolute Gasteiger partial charge is 0.124 e. The zero-order chi connectivity index (χ0) is 17.5. The van der Waals surface area contributed by atoms with E-state index in [0.29, 0.717) is 18.1 Å². The van der Waals surface area contributed by atoms with Crippen molar-refractivity contribution in [2.45, 2.75) is 19.7 Å². The molecular formula is C20H18ClFN2O. The number of nitrogens with zero attached hydrogens (tertiary/aromatic N) is 1. The van der Waals surface area contributed by atoms with Gasteiger partial charge in [-0.25, -0.2) is 4.39 Å². The van der Waals surface area contributed by atoms with E-state index in [1.165, 1.54) is 12.1 Å². The second-order valence-electron chi connectivity index (χ2n) is 5.56. The summed E-state index contributed by atoms with van der Waals surface area (Å²) in [7, 11) is 0. The molecule has 1 N–H and O–H groups in total. The Morgan fingerprint density at radius 3 is 2.60 bits per heavy atom. The Labute approximate surface area is 151 Å². The number of aromatic nitrogens is 1. The van der Waals surface area contributed by atoms with E-state index < -0.39 is 0 Å². The Morgan fingerprint density at radius 2 is 1.80 bits per heavy atom. The lowest BCUT2D eigenvalue weighted by Gasteiger charge is -2.13. The van der Waals surface area contributed by atoms with Gasteiger partial charge >= 0.3 is 0 Å². The molecule has 0 amide bonds. The van der Waals surface area contributed by atoms with Crippen LogP contribution in [0.5, 0.6) is 5.75 Å². The van der Waals surface area contributed by atoms with Crippen molar-refractivity contribution in [3.63, 3.8) is 0 Å². The maximum absolute atomic E-state index is 13.1. The van der Waals surface area contributed by atoms with Crippen LogP contribution in [0.4, 0.5) is 4.39 Å². The fourth-order valence-electron chi connectivity index (χ4n) is 2.41. The molecule has 0 aliphatic carbocycles. The highest BCUT2D eigenvalue weighted by molar-refractivity contribution is 6.31. The lowest BCUT2D eigenvalue weighted by molar-refractivity contribution is 0.302. The maximum Gasteiger partial charge on any atom is 0.124 e. The van der Waals surface area contributed by atoms with Crippen LogP contribution in [0.3, 0.4) is 0 Å². The number of pyridine rings is 1. The first-order valence-corrected chi connectivity index (χ1v) is 8.35. The number of para-hydroxylation sites is 1. The van der Waals surface area contributed by atoms with Crippen molar-refractivity contribution in [3.8, 4) is 5.75 Å². The normalized spacial score (nSPS) is 10.6. The molecule has 0 aliphatic heterocycles. The topological polar surface area (TPSA) is 34.1 Å². The molecule has 128 valence electrons. The van der Waals surface area contributed by atoms with Gasteiger partial charge in [-0.1, -0.05) is 41.9 Å². The van der Waals surface area contributed by atoms with Crippen molar-refractivity contribution in [1.82, 2.24) is 10.3 Å². The molecule has 2 aromatic carbocycles. The van der Waals surface area contributed by atoms with Crippen molar-refractivity contribution in [1.29, 1.82) is 0 Å². The minimum absolute atomic E-state index is 0.288. The molecule has 0 fully saturated rings. The van der Waals surface area contributed by atoms with Crippen LogP contribution >= 0.6 is 11.6 Å². The van der Waals surface area contributed by atoms with Crippen LogP contribution in [0.2, 0.25) is 5.02 Å². The summed E-state index contributed by atoms with van der Waals surface area (Å²) in [6.45, 7) is 1.62. The van der Waals surface area contributed by atoms with Crippen molar-refractivity contribution in [2.24, 2.45) is 0 Å². The molecule has 3 nitrogen and oxygen atoms in total. The third-order valence-corrected chi connectivity index (χ3v) is 4.07. The molecule has 25 heavy (non-hydrogen) atoms. The van der Waals surface area contributed by atoms with Gasteiger partial charge in [0.25, 0.3) is 0 Å². The van der Waals surface area contributed by atoms with E-state index in [2.05, 4.69) is 10.3 Å². The van der Waals surface area contributed by atoms with Gasteiger partial charge in [0.1, 0.15) is 18.2 Å². The molecule has 1 aromatic heterocycles. The summed E-state index contributed by atoms with van der Waals surface area (Å²) in [6, 6.07) is 18.0. The molecule has 3 rings (SSSR count). The molecule has 0 atom stereocenters. The number of hydrogen-bond donors (Lipinski definition) is 1. The first-order chi connectivity index (χ1) is 12.2. The van der Waals surface area contributed by atoms with E-state index >= 15 is 0 Å². The van der Waals surface area contributed by atoms with Crippen LogP contribution in [0.25, 0.3) is 0 Å².